The minimum Gasteiger partial charge on any atom is -0.352 e. The van der Waals surface area contributed by atoms with Gasteiger partial charge < -0.3 is 15.2 Å². The molecule has 1 aromatic carbocycles. The van der Waals surface area contributed by atoms with Gasteiger partial charge in [0, 0.05) is 25.8 Å². The van der Waals surface area contributed by atoms with Crippen LogP contribution in [0.15, 0.2) is 41.7 Å². The molecule has 0 atom stereocenters. The Morgan fingerprint density at radius 2 is 1.89 bits per heavy atom. The van der Waals surface area contributed by atoms with Crippen LogP contribution in [0.5, 0.6) is 0 Å². The highest BCUT2D eigenvalue weighted by Gasteiger charge is 2.10. The summed E-state index contributed by atoms with van der Waals surface area (Å²) in [5.41, 5.74) is 4.33. The summed E-state index contributed by atoms with van der Waals surface area (Å²) >= 11 is 0. The molecule has 150 valence electrons. The highest BCUT2D eigenvalue weighted by atomic mass is 127. The van der Waals surface area contributed by atoms with Gasteiger partial charge >= 0.3 is 0 Å². The van der Waals surface area contributed by atoms with E-state index < -0.39 is 0 Å². The van der Waals surface area contributed by atoms with Crippen LogP contribution in [0.3, 0.4) is 0 Å². The van der Waals surface area contributed by atoms with Crippen molar-refractivity contribution in [3.63, 3.8) is 0 Å². The number of benzene rings is 1. The molecule has 0 unspecified atom stereocenters. The van der Waals surface area contributed by atoms with E-state index in [0.29, 0.717) is 19.0 Å². The van der Waals surface area contributed by atoms with Crippen molar-refractivity contribution in [3.8, 4) is 5.69 Å². The van der Waals surface area contributed by atoms with E-state index in [-0.39, 0.29) is 24.0 Å². The number of hydrogen-bond acceptors (Lipinski definition) is 4. The fourth-order valence-electron chi connectivity index (χ4n) is 2.98. The molecule has 9 heteroatoms. The summed E-state index contributed by atoms with van der Waals surface area (Å²) in [4.78, 5) is 4.30. The molecule has 0 bridgehead atoms. The fourth-order valence-corrected chi connectivity index (χ4v) is 2.98. The summed E-state index contributed by atoms with van der Waals surface area (Å²) in [6.45, 7) is 8.17. The molecular weight excluding hydrogens is 467 g/mol. The molecule has 2 aromatic heterocycles. The summed E-state index contributed by atoms with van der Waals surface area (Å²) in [5.74, 6) is 1.59. The zero-order valence-corrected chi connectivity index (χ0v) is 19.0. The Hall–Kier alpha value is -2.43. The number of aromatic nitrogens is 5. The van der Waals surface area contributed by atoms with Crippen molar-refractivity contribution in [2.75, 3.05) is 7.05 Å². The SMILES string of the molecule is CCn1cnnc1CNC(=NC)NCc1ccccc1-n1nc(C)cc1C.I. The van der Waals surface area contributed by atoms with Gasteiger partial charge in [-0.15, -0.1) is 34.2 Å². The Bertz CT molecular complexity index is 928. The van der Waals surface area contributed by atoms with E-state index in [1.165, 1.54) is 0 Å². The zero-order valence-electron chi connectivity index (χ0n) is 16.7. The topological polar surface area (TPSA) is 85.0 Å². The second-order valence-electron chi connectivity index (χ2n) is 6.28. The molecule has 0 spiro atoms. The zero-order chi connectivity index (χ0) is 19.2. The second-order valence-corrected chi connectivity index (χ2v) is 6.28. The van der Waals surface area contributed by atoms with Gasteiger partial charge in [0.1, 0.15) is 6.33 Å². The molecule has 8 nitrogen and oxygen atoms in total. The quantitative estimate of drug-likeness (QED) is 0.313. The van der Waals surface area contributed by atoms with Crippen LogP contribution in [-0.2, 0) is 19.6 Å². The number of para-hydroxylation sites is 1. The number of rotatable bonds is 6. The fraction of sp³-hybridized carbons (Fsp3) is 0.368. The molecule has 0 aliphatic heterocycles. The van der Waals surface area contributed by atoms with Gasteiger partial charge in [0.05, 0.1) is 17.9 Å². The average molecular weight is 494 g/mol. The van der Waals surface area contributed by atoms with E-state index in [9.17, 15) is 0 Å². The van der Waals surface area contributed by atoms with Gasteiger partial charge in [-0.05, 0) is 38.5 Å². The van der Waals surface area contributed by atoms with Crippen molar-refractivity contribution in [2.24, 2.45) is 4.99 Å². The molecule has 0 amide bonds. The third-order valence-electron chi connectivity index (χ3n) is 4.35. The molecule has 2 heterocycles. The molecule has 0 radical (unpaired) electrons. The number of aliphatic imine (C=N–C) groups is 1. The Morgan fingerprint density at radius 1 is 1.14 bits per heavy atom. The van der Waals surface area contributed by atoms with Crippen LogP contribution in [0.4, 0.5) is 0 Å². The molecule has 0 aliphatic carbocycles. The normalized spacial score (nSPS) is 11.2. The molecular formula is C19H27IN8. The highest BCUT2D eigenvalue weighted by molar-refractivity contribution is 14.0. The van der Waals surface area contributed by atoms with Gasteiger partial charge in [0.2, 0.25) is 0 Å². The van der Waals surface area contributed by atoms with Crippen LogP contribution in [0.2, 0.25) is 0 Å². The van der Waals surface area contributed by atoms with Crippen molar-refractivity contribution in [3.05, 3.63) is 59.4 Å². The lowest BCUT2D eigenvalue weighted by Gasteiger charge is -2.15. The van der Waals surface area contributed by atoms with E-state index in [4.69, 9.17) is 0 Å². The number of halogens is 1. The van der Waals surface area contributed by atoms with Gasteiger partial charge in [0.15, 0.2) is 11.8 Å². The van der Waals surface area contributed by atoms with Crippen LogP contribution in [0.1, 0.15) is 29.7 Å². The molecule has 0 saturated heterocycles. The number of nitrogens with one attached hydrogen (secondary N) is 2. The number of nitrogens with zero attached hydrogens (tertiary/aromatic N) is 6. The molecule has 3 rings (SSSR count). The minimum absolute atomic E-state index is 0. The van der Waals surface area contributed by atoms with Crippen LogP contribution in [0.25, 0.3) is 5.69 Å². The Balaban J connectivity index is 0.00000280. The van der Waals surface area contributed by atoms with E-state index in [1.54, 1.807) is 13.4 Å². The molecule has 28 heavy (non-hydrogen) atoms. The van der Waals surface area contributed by atoms with E-state index in [1.807, 2.05) is 28.3 Å². The van der Waals surface area contributed by atoms with E-state index >= 15 is 0 Å². The van der Waals surface area contributed by atoms with Crippen LogP contribution in [0, 0.1) is 13.8 Å². The van der Waals surface area contributed by atoms with Crippen LogP contribution < -0.4 is 10.6 Å². The largest absolute Gasteiger partial charge is 0.352 e. The summed E-state index contributed by atoms with van der Waals surface area (Å²) in [6.07, 6.45) is 1.73. The lowest BCUT2D eigenvalue weighted by atomic mass is 10.1. The summed E-state index contributed by atoms with van der Waals surface area (Å²) in [6, 6.07) is 10.3. The van der Waals surface area contributed by atoms with Crippen molar-refractivity contribution >= 4 is 29.9 Å². The Kier molecular flexibility index (Phi) is 7.97. The first-order chi connectivity index (χ1) is 13.1. The number of aryl methyl sites for hydroxylation is 3. The first kappa shape index (κ1) is 21.9. The lowest BCUT2D eigenvalue weighted by Crippen LogP contribution is -2.37. The van der Waals surface area contributed by atoms with Crippen molar-refractivity contribution in [1.29, 1.82) is 0 Å². The average Bonchev–Trinajstić information content (AvgIpc) is 3.27. The third-order valence-corrected chi connectivity index (χ3v) is 4.35. The molecule has 3 aromatic rings. The van der Waals surface area contributed by atoms with E-state index in [2.05, 4.69) is 63.0 Å². The first-order valence-corrected chi connectivity index (χ1v) is 9.05. The minimum atomic E-state index is 0. The lowest BCUT2D eigenvalue weighted by molar-refractivity contribution is 0.669. The standard InChI is InChI=1S/C19H26N8.HI/c1-5-26-13-23-24-18(26)12-22-19(20-4)21-11-16-8-6-7-9-17(16)27-15(3)10-14(2)25-27;/h6-10,13H,5,11-12H2,1-4H3,(H2,20,21,22);1H. The maximum atomic E-state index is 4.60. The Labute approximate surface area is 182 Å². The van der Waals surface area contributed by atoms with Crippen molar-refractivity contribution in [1.82, 2.24) is 35.2 Å². The first-order valence-electron chi connectivity index (χ1n) is 9.05. The maximum Gasteiger partial charge on any atom is 0.191 e. The van der Waals surface area contributed by atoms with Gasteiger partial charge in [-0.25, -0.2) is 4.68 Å². The Morgan fingerprint density at radius 3 is 2.57 bits per heavy atom. The second kappa shape index (κ2) is 10.2. The van der Waals surface area contributed by atoms with Gasteiger partial charge in [-0.2, -0.15) is 5.10 Å². The van der Waals surface area contributed by atoms with E-state index in [0.717, 1.165) is 35.0 Å². The van der Waals surface area contributed by atoms with Crippen LogP contribution >= 0.6 is 24.0 Å². The van der Waals surface area contributed by atoms with Gasteiger partial charge in [-0.1, -0.05) is 18.2 Å². The predicted octanol–water partition coefficient (Wildman–Crippen LogP) is 2.58. The number of guanidine groups is 1. The third kappa shape index (κ3) is 5.09. The predicted molar refractivity (Wildman–Crippen MR) is 121 cm³/mol. The van der Waals surface area contributed by atoms with Gasteiger partial charge in [-0.3, -0.25) is 4.99 Å². The van der Waals surface area contributed by atoms with Crippen molar-refractivity contribution < 1.29 is 0 Å². The summed E-state index contributed by atoms with van der Waals surface area (Å²) in [5, 5.41) is 19.3. The molecule has 0 aliphatic rings. The van der Waals surface area contributed by atoms with Crippen LogP contribution in [-0.4, -0.2) is 37.6 Å². The smallest absolute Gasteiger partial charge is 0.191 e. The van der Waals surface area contributed by atoms with Gasteiger partial charge in [0.25, 0.3) is 0 Å². The monoisotopic (exact) mass is 494 g/mol. The highest BCUT2D eigenvalue weighted by Crippen LogP contribution is 2.16. The maximum absolute atomic E-state index is 4.60. The summed E-state index contributed by atoms with van der Waals surface area (Å²) < 4.78 is 3.98. The molecule has 0 saturated carbocycles. The van der Waals surface area contributed by atoms with Crippen molar-refractivity contribution in [2.45, 2.75) is 40.4 Å². The molecule has 0 fully saturated rings. The summed E-state index contributed by atoms with van der Waals surface area (Å²) in [7, 11) is 1.76. The number of hydrogen-bond donors (Lipinski definition) is 2. The molecule has 2 N–H and O–H groups in total.